The Labute approximate surface area is 140 Å². The summed E-state index contributed by atoms with van der Waals surface area (Å²) in [4.78, 5) is 12.1. The maximum Gasteiger partial charge on any atom is 0.278 e. The molecule has 2 heterocycles. The number of nitrogens with one attached hydrogen (secondary N) is 1. The van der Waals surface area contributed by atoms with Crippen LogP contribution in [-0.4, -0.2) is 9.78 Å². The van der Waals surface area contributed by atoms with Gasteiger partial charge in [0.15, 0.2) is 0 Å². The minimum Gasteiger partial charge on any atom is -0.267 e. The number of aromatic amines is 1. The van der Waals surface area contributed by atoms with Crippen molar-refractivity contribution >= 4 is 38.5 Å². The average molecular weight is 447 g/mol. The Morgan fingerprint density at radius 2 is 1.85 bits per heavy atom. The molecule has 1 aliphatic rings. The fraction of sp³-hybridized carbons (Fsp3) is 0.400. The zero-order chi connectivity index (χ0) is 14.9. The molecule has 3 nitrogen and oxygen atoms in total. The highest BCUT2D eigenvalue weighted by Gasteiger charge is 2.48. The summed E-state index contributed by atoms with van der Waals surface area (Å²) in [7, 11) is 0. The second-order valence-corrected chi connectivity index (χ2v) is 8.34. The lowest BCUT2D eigenvalue weighted by Gasteiger charge is -2.47. The molecule has 106 valence electrons. The van der Waals surface area contributed by atoms with Crippen LogP contribution in [0.5, 0.6) is 0 Å². The molecule has 0 fully saturated rings. The first-order valence-corrected chi connectivity index (χ1v) is 8.36. The molecular weight excluding hydrogens is 431 g/mol. The number of hydrogen-bond donors (Lipinski definition) is 1. The Morgan fingerprint density at radius 1 is 1.20 bits per heavy atom. The number of aromatic nitrogens is 2. The highest BCUT2D eigenvalue weighted by Crippen LogP contribution is 2.50. The first-order chi connectivity index (χ1) is 9.18. The van der Waals surface area contributed by atoms with Crippen molar-refractivity contribution in [2.75, 3.05) is 0 Å². The van der Waals surface area contributed by atoms with Crippen LogP contribution in [0.3, 0.4) is 0 Å². The van der Waals surface area contributed by atoms with Gasteiger partial charge in [0.2, 0.25) is 0 Å². The van der Waals surface area contributed by atoms with E-state index in [4.69, 9.17) is 0 Å². The van der Waals surface area contributed by atoms with E-state index in [0.29, 0.717) is 0 Å². The summed E-state index contributed by atoms with van der Waals surface area (Å²) in [5.74, 6) is 0. The van der Waals surface area contributed by atoms with Gasteiger partial charge in [-0.15, -0.1) is 0 Å². The number of fused-ring (bicyclic) bond motifs is 3. The van der Waals surface area contributed by atoms with Gasteiger partial charge in [-0.2, -0.15) is 0 Å². The second-order valence-electron chi connectivity index (χ2n) is 6.35. The molecule has 2 aromatic rings. The first-order valence-electron chi connectivity index (χ1n) is 6.49. The summed E-state index contributed by atoms with van der Waals surface area (Å²) in [6, 6.07) is 6.24. The van der Waals surface area contributed by atoms with E-state index in [9.17, 15) is 4.79 Å². The highest BCUT2D eigenvalue weighted by molar-refractivity contribution is 14.1. The minimum absolute atomic E-state index is 0.0137. The van der Waals surface area contributed by atoms with E-state index in [1.807, 2.05) is 10.7 Å². The summed E-state index contributed by atoms with van der Waals surface area (Å²) in [5.41, 5.74) is 3.15. The number of benzene rings is 1. The lowest BCUT2D eigenvalue weighted by Crippen LogP contribution is -2.46. The van der Waals surface area contributed by atoms with Crippen molar-refractivity contribution in [3.05, 3.63) is 47.9 Å². The minimum atomic E-state index is -0.142. The Morgan fingerprint density at radius 3 is 2.50 bits per heavy atom. The molecule has 0 atom stereocenters. The van der Waals surface area contributed by atoms with Crippen molar-refractivity contribution in [3.63, 3.8) is 0 Å². The third-order valence-corrected chi connectivity index (χ3v) is 6.37. The van der Waals surface area contributed by atoms with E-state index in [0.717, 1.165) is 19.4 Å². The van der Waals surface area contributed by atoms with Crippen molar-refractivity contribution in [2.45, 2.75) is 38.5 Å². The molecule has 0 saturated carbocycles. The molecule has 0 unspecified atom stereocenters. The van der Waals surface area contributed by atoms with Crippen LogP contribution in [0, 0.1) is 3.57 Å². The topological polar surface area (TPSA) is 37.8 Å². The van der Waals surface area contributed by atoms with Gasteiger partial charge in [0, 0.05) is 15.3 Å². The van der Waals surface area contributed by atoms with Crippen LogP contribution in [0.25, 0.3) is 5.69 Å². The van der Waals surface area contributed by atoms with Gasteiger partial charge in [-0.25, -0.2) is 0 Å². The number of H-pyrrole nitrogens is 1. The SMILES string of the molecule is CC1(C)c2cc(Br)ccc2-n2[nH]c(=O)c(I)c2C1(C)C. The summed E-state index contributed by atoms with van der Waals surface area (Å²) < 4.78 is 3.80. The van der Waals surface area contributed by atoms with E-state index in [-0.39, 0.29) is 16.4 Å². The van der Waals surface area contributed by atoms with Gasteiger partial charge in [0.1, 0.15) is 3.57 Å². The molecule has 1 N–H and O–H groups in total. The van der Waals surface area contributed by atoms with E-state index in [2.05, 4.69) is 83.4 Å². The van der Waals surface area contributed by atoms with Crippen LogP contribution in [-0.2, 0) is 10.8 Å². The molecule has 5 heteroatoms. The Kier molecular flexibility index (Phi) is 3.04. The fourth-order valence-electron chi connectivity index (χ4n) is 2.98. The van der Waals surface area contributed by atoms with Gasteiger partial charge in [-0.3, -0.25) is 14.6 Å². The van der Waals surface area contributed by atoms with Crippen LogP contribution in [0.4, 0.5) is 0 Å². The zero-order valence-corrected chi connectivity index (χ0v) is 15.6. The Balaban J connectivity index is 2.50. The maximum absolute atomic E-state index is 12.1. The van der Waals surface area contributed by atoms with Gasteiger partial charge < -0.3 is 0 Å². The molecule has 20 heavy (non-hydrogen) atoms. The van der Waals surface area contributed by atoms with Gasteiger partial charge in [-0.1, -0.05) is 43.6 Å². The standard InChI is InChI=1S/C15H16BrIN2O/c1-14(2)9-7-8(16)5-6-10(9)19-12(15(14,3)4)11(17)13(20)18-19/h5-7H,1-4H3,(H,18,20). The Hall–Kier alpha value is -0.560. The summed E-state index contributed by atoms with van der Waals surface area (Å²) in [6.07, 6.45) is 0. The third kappa shape index (κ3) is 1.65. The van der Waals surface area contributed by atoms with Gasteiger partial charge in [0.05, 0.1) is 11.4 Å². The molecule has 0 saturated heterocycles. The average Bonchev–Trinajstić information content (AvgIpc) is 2.64. The molecule has 3 rings (SSSR count). The number of halogens is 2. The zero-order valence-electron chi connectivity index (χ0n) is 11.8. The summed E-state index contributed by atoms with van der Waals surface area (Å²) in [5, 5.41) is 2.97. The molecule has 0 spiro atoms. The highest BCUT2D eigenvalue weighted by atomic mass is 127. The van der Waals surface area contributed by atoms with Crippen LogP contribution in [0.15, 0.2) is 27.5 Å². The van der Waals surface area contributed by atoms with Crippen molar-refractivity contribution in [2.24, 2.45) is 0 Å². The predicted molar refractivity (Wildman–Crippen MR) is 92.9 cm³/mol. The maximum atomic E-state index is 12.1. The van der Waals surface area contributed by atoms with Crippen molar-refractivity contribution in [1.82, 2.24) is 9.78 Å². The molecule has 1 aliphatic heterocycles. The van der Waals surface area contributed by atoms with Gasteiger partial charge >= 0.3 is 0 Å². The summed E-state index contributed by atoms with van der Waals surface area (Å²) in [6.45, 7) is 8.90. The van der Waals surface area contributed by atoms with E-state index in [1.54, 1.807) is 0 Å². The van der Waals surface area contributed by atoms with Crippen LogP contribution in [0.2, 0.25) is 0 Å². The van der Waals surface area contributed by atoms with Crippen LogP contribution >= 0.6 is 38.5 Å². The van der Waals surface area contributed by atoms with Crippen molar-refractivity contribution < 1.29 is 0 Å². The summed E-state index contributed by atoms with van der Waals surface area (Å²) >= 11 is 5.71. The largest absolute Gasteiger partial charge is 0.278 e. The van der Waals surface area contributed by atoms with Crippen molar-refractivity contribution in [3.8, 4) is 5.69 Å². The molecule has 0 radical (unpaired) electrons. The van der Waals surface area contributed by atoms with Crippen molar-refractivity contribution in [1.29, 1.82) is 0 Å². The molecule has 0 amide bonds. The first kappa shape index (κ1) is 14.4. The quantitative estimate of drug-likeness (QED) is 0.608. The Bertz CT molecular complexity index is 771. The lowest BCUT2D eigenvalue weighted by molar-refractivity contribution is 0.274. The van der Waals surface area contributed by atoms with Crippen LogP contribution in [0.1, 0.15) is 39.0 Å². The number of rotatable bonds is 0. The molecule has 1 aromatic heterocycles. The smallest absolute Gasteiger partial charge is 0.267 e. The molecular formula is C15H16BrIN2O. The molecule has 0 aliphatic carbocycles. The van der Waals surface area contributed by atoms with E-state index >= 15 is 0 Å². The normalized spacial score (nSPS) is 18.5. The lowest BCUT2D eigenvalue weighted by atomic mass is 9.60. The fourth-order valence-corrected chi connectivity index (χ4v) is 4.38. The van der Waals surface area contributed by atoms with E-state index < -0.39 is 0 Å². The number of nitrogens with zero attached hydrogens (tertiary/aromatic N) is 1. The van der Waals surface area contributed by atoms with Crippen LogP contribution < -0.4 is 5.56 Å². The predicted octanol–water partition coefficient (Wildman–Crippen LogP) is 4.10. The third-order valence-electron chi connectivity index (χ3n) is 4.87. The monoisotopic (exact) mass is 446 g/mol. The van der Waals surface area contributed by atoms with E-state index in [1.165, 1.54) is 5.56 Å². The van der Waals surface area contributed by atoms with Gasteiger partial charge in [0.25, 0.3) is 5.56 Å². The second kappa shape index (κ2) is 4.22. The molecule has 0 bridgehead atoms. The molecule has 1 aromatic carbocycles. The number of hydrogen-bond acceptors (Lipinski definition) is 1. The van der Waals surface area contributed by atoms with Gasteiger partial charge in [-0.05, 0) is 46.4 Å².